The highest BCUT2D eigenvalue weighted by Crippen LogP contribution is 2.36. The van der Waals surface area contributed by atoms with Gasteiger partial charge in [0.1, 0.15) is 17.3 Å². The molecule has 174 valence electrons. The van der Waals surface area contributed by atoms with Gasteiger partial charge in [0.25, 0.3) is 0 Å². The molecule has 9 heteroatoms. The molecule has 0 radical (unpaired) electrons. The Morgan fingerprint density at radius 3 is 2.53 bits per heavy atom. The average molecular weight is 556 g/mol. The van der Waals surface area contributed by atoms with E-state index in [0.717, 1.165) is 29.3 Å². The largest absolute Gasteiger partial charge is 0.444 e. The van der Waals surface area contributed by atoms with E-state index in [1.165, 1.54) is 4.90 Å². The van der Waals surface area contributed by atoms with Crippen LogP contribution in [0.2, 0.25) is 0 Å². The summed E-state index contributed by atoms with van der Waals surface area (Å²) < 4.78 is 20.8. The lowest BCUT2D eigenvalue weighted by molar-refractivity contribution is 0.0485. The van der Waals surface area contributed by atoms with Crippen molar-refractivity contribution in [3.05, 3.63) is 39.7 Å². The summed E-state index contributed by atoms with van der Waals surface area (Å²) in [7, 11) is 0. The number of hydrogen-bond acceptors (Lipinski definition) is 4. The van der Waals surface area contributed by atoms with Crippen LogP contribution < -0.4 is 11.1 Å². The first-order valence-corrected chi connectivity index (χ1v) is 11.9. The average Bonchev–Trinajstić information content (AvgIpc) is 2.68. The van der Waals surface area contributed by atoms with Crippen molar-refractivity contribution < 1.29 is 18.7 Å². The van der Waals surface area contributed by atoms with Gasteiger partial charge >= 0.3 is 12.1 Å². The Labute approximate surface area is 201 Å². The van der Waals surface area contributed by atoms with Gasteiger partial charge in [-0.1, -0.05) is 6.07 Å². The third-order valence-corrected chi connectivity index (χ3v) is 6.23. The second-order valence-corrected chi connectivity index (χ2v) is 10.5. The molecule has 32 heavy (non-hydrogen) atoms. The number of nitrogens with one attached hydrogen (secondary N) is 1. The summed E-state index contributed by atoms with van der Waals surface area (Å²) in [4.78, 5) is 30.1. The maximum absolute atomic E-state index is 14.5. The summed E-state index contributed by atoms with van der Waals surface area (Å²) in [6.45, 7) is 5.27. The van der Waals surface area contributed by atoms with Gasteiger partial charge in [0.15, 0.2) is 0 Å². The van der Waals surface area contributed by atoms with Crippen molar-refractivity contribution in [1.82, 2.24) is 10.2 Å². The molecule has 1 heterocycles. The van der Waals surface area contributed by atoms with Crippen LogP contribution in [0.25, 0.3) is 0 Å². The van der Waals surface area contributed by atoms with E-state index >= 15 is 0 Å². The second-order valence-electron chi connectivity index (χ2n) is 9.27. The number of carbonyl (C=O) groups is 2. The molecule has 0 spiro atoms. The van der Waals surface area contributed by atoms with E-state index in [0.29, 0.717) is 11.5 Å². The van der Waals surface area contributed by atoms with Crippen LogP contribution in [0.1, 0.15) is 46.5 Å². The predicted molar refractivity (Wildman–Crippen MR) is 130 cm³/mol. The van der Waals surface area contributed by atoms with Crippen LogP contribution in [0.4, 0.5) is 19.7 Å². The fourth-order valence-electron chi connectivity index (χ4n) is 4.18. The van der Waals surface area contributed by atoms with Crippen molar-refractivity contribution >= 4 is 46.2 Å². The third kappa shape index (κ3) is 6.66. The molecule has 0 aromatic heterocycles. The summed E-state index contributed by atoms with van der Waals surface area (Å²) in [5.41, 5.74) is 5.71. The zero-order valence-corrected chi connectivity index (χ0v) is 20.8. The monoisotopic (exact) mass is 556 g/mol. The molecule has 1 aliphatic heterocycles. The van der Waals surface area contributed by atoms with Gasteiger partial charge in [-0.15, -0.1) is 0 Å². The first kappa shape index (κ1) is 24.5. The van der Waals surface area contributed by atoms with Gasteiger partial charge in [-0.3, -0.25) is 4.90 Å². The number of urea groups is 1. The Morgan fingerprint density at radius 1 is 1.25 bits per heavy atom. The van der Waals surface area contributed by atoms with Crippen molar-refractivity contribution in [2.75, 3.05) is 6.54 Å². The Balaban J connectivity index is 1.76. The van der Waals surface area contributed by atoms with Gasteiger partial charge in [0.2, 0.25) is 0 Å². The minimum absolute atomic E-state index is 0.00171. The third-order valence-electron chi connectivity index (χ3n) is 5.56. The molecule has 1 aromatic carbocycles. The van der Waals surface area contributed by atoms with E-state index in [1.807, 2.05) is 45.0 Å². The molecule has 3 rings (SSSR count). The Hall–Kier alpha value is -2.17. The van der Waals surface area contributed by atoms with Crippen LogP contribution in [-0.2, 0) is 4.74 Å². The highest BCUT2D eigenvalue weighted by molar-refractivity contribution is 14.1. The standard InChI is InChI=1S/C23H30FIN4O3/c1-23(2,3)32-22(31)28-17-9-7-14(8-10-17)19-11-15(24)13-29(21(26)30)20(19)27-18-6-4-5-16(25)12-18/h4-6,11-12,14,17,19H,7-10,13H2,1-3H3,(H2,26,30)(H,28,31). The van der Waals surface area contributed by atoms with Crippen LogP contribution in [0.5, 0.6) is 0 Å². The molecule has 3 N–H and O–H groups in total. The lowest BCUT2D eigenvalue weighted by Crippen LogP contribution is -2.49. The summed E-state index contributed by atoms with van der Waals surface area (Å²) in [5, 5.41) is 2.93. The van der Waals surface area contributed by atoms with E-state index in [2.05, 4.69) is 27.9 Å². The minimum Gasteiger partial charge on any atom is -0.444 e. The van der Waals surface area contributed by atoms with Crippen LogP contribution in [0.3, 0.4) is 0 Å². The van der Waals surface area contributed by atoms with Gasteiger partial charge in [-0.2, -0.15) is 0 Å². The Morgan fingerprint density at radius 2 is 1.94 bits per heavy atom. The number of carbonyl (C=O) groups excluding carboxylic acids is 2. The van der Waals surface area contributed by atoms with E-state index in [-0.39, 0.29) is 30.2 Å². The number of nitrogens with two attached hydrogens (primary N) is 1. The SMILES string of the molecule is CC(C)(C)OC(=O)NC1CCC(C2C=C(F)CN(C(N)=O)C2=Nc2cccc(I)c2)CC1. The summed E-state index contributed by atoms with van der Waals surface area (Å²) in [5.74, 6) is -0.188. The predicted octanol–water partition coefficient (Wildman–Crippen LogP) is 5.27. The number of rotatable bonds is 3. The minimum atomic E-state index is -0.720. The lowest BCUT2D eigenvalue weighted by atomic mass is 9.76. The lowest BCUT2D eigenvalue weighted by Gasteiger charge is -2.38. The van der Waals surface area contributed by atoms with E-state index in [9.17, 15) is 14.0 Å². The van der Waals surface area contributed by atoms with Gasteiger partial charge in [-0.25, -0.2) is 19.0 Å². The van der Waals surface area contributed by atoms with Crippen LogP contribution in [-0.4, -0.2) is 41.0 Å². The van der Waals surface area contributed by atoms with Crippen LogP contribution >= 0.6 is 22.6 Å². The number of hydrogen-bond donors (Lipinski definition) is 2. The molecule has 2 aliphatic rings. The van der Waals surface area contributed by atoms with Gasteiger partial charge in [-0.05, 0) is 99.2 Å². The van der Waals surface area contributed by atoms with Crippen LogP contribution in [0.15, 0.2) is 41.2 Å². The number of nitrogens with zero attached hydrogens (tertiary/aromatic N) is 2. The van der Waals surface area contributed by atoms with E-state index in [1.54, 1.807) is 6.08 Å². The summed E-state index contributed by atoms with van der Waals surface area (Å²) in [6, 6.07) is 6.87. The van der Waals surface area contributed by atoms with Crippen LogP contribution in [0, 0.1) is 15.4 Å². The zero-order chi connectivity index (χ0) is 23.5. The number of primary amides is 1. The maximum Gasteiger partial charge on any atom is 0.407 e. The Kier molecular flexibility index (Phi) is 7.79. The smallest absolute Gasteiger partial charge is 0.407 e. The van der Waals surface area contributed by atoms with E-state index in [4.69, 9.17) is 15.5 Å². The number of aliphatic imine (C=N–C) groups is 1. The highest BCUT2D eigenvalue weighted by Gasteiger charge is 2.37. The summed E-state index contributed by atoms with van der Waals surface area (Å²) >= 11 is 2.20. The fourth-order valence-corrected chi connectivity index (χ4v) is 4.71. The van der Waals surface area contributed by atoms with Crippen molar-refractivity contribution in [2.24, 2.45) is 22.6 Å². The van der Waals surface area contributed by atoms with Gasteiger partial charge in [0.05, 0.1) is 12.2 Å². The maximum atomic E-state index is 14.5. The molecule has 1 saturated carbocycles. The first-order valence-electron chi connectivity index (χ1n) is 10.8. The number of benzene rings is 1. The van der Waals surface area contributed by atoms with E-state index < -0.39 is 17.7 Å². The molecular formula is C23H30FIN4O3. The molecule has 7 nitrogen and oxygen atoms in total. The van der Waals surface area contributed by atoms with Gasteiger partial charge in [0, 0.05) is 15.5 Å². The molecule has 0 saturated heterocycles. The van der Waals surface area contributed by atoms with Gasteiger partial charge < -0.3 is 15.8 Å². The van der Waals surface area contributed by atoms with Crippen molar-refractivity contribution in [1.29, 1.82) is 0 Å². The molecule has 1 aromatic rings. The molecule has 1 fully saturated rings. The molecule has 0 bridgehead atoms. The normalized spacial score (nSPS) is 25.3. The van der Waals surface area contributed by atoms with Crippen molar-refractivity contribution in [2.45, 2.75) is 58.1 Å². The fraction of sp³-hybridized carbons (Fsp3) is 0.522. The zero-order valence-electron chi connectivity index (χ0n) is 18.6. The van der Waals surface area contributed by atoms with Crippen molar-refractivity contribution in [3.63, 3.8) is 0 Å². The number of amides is 3. The molecule has 3 amide bonds. The molecule has 1 atom stereocenters. The second kappa shape index (κ2) is 10.2. The number of amidine groups is 1. The molecule has 1 aliphatic carbocycles. The molecule has 1 unspecified atom stereocenters. The molecular weight excluding hydrogens is 526 g/mol. The number of alkyl carbamates (subject to hydrolysis) is 1. The first-order chi connectivity index (χ1) is 15.0. The Bertz CT molecular complexity index is 920. The highest BCUT2D eigenvalue weighted by atomic mass is 127. The van der Waals surface area contributed by atoms with Crippen molar-refractivity contribution in [3.8, 4) is 0 Å². The number of halogens is 2. The topological polar surface area (TPSA) is 97.0 Å². The quantitative estimate of drug-likeness (QED) is 0.497. The summed E-state index contributed by atoms with van der Waals surface area (Å²) in [6.07, 6.45) is 4.13. The number of ether oxygens (including phenoxy) is 1.